The fourth-order valence-corrected chi connectivity index (χ4v) is 4.60. The normalized spacial score (nSPS) is 11.4. The van der Waals surface area contributed by atoms with Gasteiger partial charge < -0.3 is 19.1 Å². The van der Waals surface area contributed by atoms with Crippen molar-refractivity contribution >= 4 is 11.8 Å². The van der Waals surface area contributed by atoms with E-state index in [1.54, 1.807) is 12.0 Å². The van der Waals surface area contributed by atoms with Crippen LogP contribution in [0.3, 0.4) is 0 Å². The van der Waals surface area contributed by atoms with Crippen LogP contribution in [0.1, 0.15) is 73.3 Å². The lowest BCUT2D eigenvalue weighted by Crippen LogP contribution is -2.44. The molecule has 0 spiro atoms. The van der Waals surface area contributed by atoms with Crippen LogP contribution in [0.2, 0.25) is 0 Å². The second-order valence-electron chi connectivity index (χ2n) is 11.3. The third kappa shape index (κ3) is 8.82. The van der Waals surface area contributed by atoms with Gasteiger partial charge in [0.25, 0.3) is 5.91 Å². The van der Waals surface area contributed by atoms with Crippen LogP contribution in [0.5, 0.6) is 0 Å². The fourth-order valence-electron chi connectivity index (χ4n) is 4.60. The molecule has 3 rings (SSSR count). The summed E-state index contributed by atoms with van der Waals surface area (Å²) in [6.45, 7) is 13.3. The minimum absolute atomic E-state index is 0.00403. The molecule has 0 aliphatic carbocycles. The molecule has 0 aliphatic heterocycles. The maximum Gasteiger partial charge on any atom is 0.254 e. The Morgan fingerprint density at radius 2 is 1.69 bits per heavy atom. The molecule has 0 fully saturated rings. The quantitative estimate of drug-likeness (QED) is 0.269. The highest BCUT2D eigenvalue weighted by Crippen LogP contribution is 2.22. The zero-order valence-corrected chi connectivity index (χ0v) is 24.6. The van der Waals surface area contributed by atoms with E-state index in [0.29, 0.717) is 31.8 Å². The van der Waals surface area contributed by atoms with Crippen LogP contribution in [0.25, 0.3) is 0 Å². The minimum atomic E-state index is -0.154. The Kier molecular flexibility index (Phi) is 10.9. The lowest BCUT2D eigenvalue weighted by Gasteiger charge is -2.28. The highest BCUT2D eigenvalue weighted by Gasteiger charge is 2.24. The number of methoxy groups -OCH3 is 1. The van der Waals surface area contributed by atoms with Gasteiger partial charge in [-0.3, -0.25) is 9.59 Å². The number of nitrogens with zero attached hydrogens (tertiary/aromatic N) is 3. The minimum Gasteiger partial charge on any atom is -0.383 e. The lowest BCUT2D eigenvalue weighted by atomic mass is 9.86. The van der Waals surface area contributed by atoms with Gasteiger partial charge in [0, 0.05) is 44.2 Å². The summed E-state index contributed by atoms with van der Waals surface area (Å²) >= 11 is 0. The Balaban J connectivity index is 1.77. The number of aromatic nitrogens is 1. The van der Waals surface area contributed by atoms with Crippen LogP contribution in [-0.2, 0) is 28.0 Å². The molecular weight excluding hydrogens is 486 g/mol. The number of hydrogen-bond donors (Lipinski definition) is 0. The van der Waals surface area contributed by atoms with Crippen LogP contribution in [0, 0.1) is 6.92 Å². The largest absolute Gasteiger partial charge is 0.383 e. The number of carbonyl (C=O) groups is 2. The van der Waals surface area contributed by atoms with Gasteiger partial charge in [-0.15, -0.1) is 0 Å². The second-order valence-corrected chi connectivity index (χ2v) is 11.3. The molecule has 3 aromatic rings. The number of rotatable bonds is 13. The molecule has 39 heavy (non-hydrogen) atoms. The maximum absolute atomic E-state index is 13.7. The molecule has 1 heterocycles. The van der Waals surface area contributed by atoms with Crippen molar-refractivity contribution in [3.05, 3.63) is 94.8 Å². The Morgan fingerprint density at radius 3 is 2.33 bits per heavy atom. The Labute approximate surface area is 234 Å². The van der Waals surface area contributed by atoms with Crippen molar-refractivity contribution in [2.45, 2.75) is 66.0 Å². The molecule has 0 atom stereocenters. The molecule has 0 aliphatic rings. The molecule has 2 amide bonds. The Bertz CT molecular complexity index is 1210. The number of benzene rings is 2. The molecule has 2 aromatic carbocycles. The van der Waals surface area contributed by atoms with Crippen molar-refractivity contribution in [2.75, 3.05) is 33.4 Å². The summed E-state index contributed by atoms with van der Waals surface area (Å²) in [6, 6.07) is 20.3. The van der Waals surface area contributed by atoms with Gasteiger partial charge >= 0.3 is 0 Å². The highest BCUT2D eigenvalue weighted by molar-refractivity contribution is 5.96. The van der Waals surface area contributed by atoms with E-state index in [0.717, 1.165) is 30.6 Å². The predicted molar refractivity (Wildman–Crippen MR) is 158 cm³/mol. The van der Waals surface area contributed by atoms with Gasteiger partial charge in [-0.2, -0.15) is 0 Å². The zero-order chi connectivity index (χ0) is 28.4. The number of hydrogen-bond acceptors (Lipinski definition) is 3. The van der Waals surface area contributed by atoms with Crippen molar-refractivity contribution in [2.24, 2.45) is 0 Å². The first-order valence-electron chi connectivity index (χ1n) is 14.0. The van der Waals surface area contributed by atoms with E-state index in [9.17, 15) is 9.59 Å². The van der Waals surface area contributed by atoms with Gasteiger partial charge in [0.05, 0.1) is 13.2 Å². The number of carbonyl (C=O) groups excluding carboxylic acids is 2. The van der Waals surface area contributed by atoms with Crippen molar-refractivity contribution in [1.82, 2.24) is 14.4 Å². The van der Waals surface area contributed by atoms with E-state index < -0.39 is 0 Å². The predicted octanol–water partition coefficient (Wildman–Crippen LogP) is 6.06. The van der Waals surface area contributed by atoms with Gasteiger partial charge in [0.1, 0.15) is 6.54 Å². The zero-order valence-electron chi connectivity index (χ0n) is 24.6. The summed E-state index contributed by atoms with van der Waals surface area (Å²) in [5, 5.41) is 0. The number of ether oxygens (including phenoxy) is 1. The fraction of sp³-hybridized carbons (Fsp3) is 0.455. The van der Waals surface area contributed by atoms with Crippen LogP contribution in [-0.4, -0.2) is 59.5 Å². The van der Waals surface area contributed by atoms with Crippen molar-refractivity contribution in [3.8, 4) is 0 Å². The number of amides is 2. The van der Waals surface area contributed by atoms with Crippen LogP contribution in [0.15, 0.2) is 66.9 Å². The van der Waals surface area contributed by atoms with Crippen LogP contribution < -0.4 is 0 Å². The molecule has 0 unspecified atom stereocenters. The standard InChI is InChI=1S/C33H45N3O3/c1-7-8-18-35(24-30-13-10-19-34(30)23-27-12-9-11-26(2)22-27)31(37)25-36(20-21-39-6)32(38)28-14-16-29(17-15-28)33(3,4)5/h9-17,19,22H,7-8,18,20-21,23-25H2,1-6H3. The monoisotopic (exact) mass is 531 g/mol. The van der Waals surface area contributed by atoms with E-state index >= 15 is 0 Å². The lowest BCUT2D eigenvalue weighted by molar-refractivity contribution is -0.132. The average molecular weight is 532 g/mol. The first-order valence-corrected chi connectivity index (χ1v) is 14.0. The summed E-state index contributed by atoms with van der Waals surface area (Å²) in [4.78, 5) is 30.7. The molecular formula is C33H45N3O3. The molecule has 0 N–H and O–H groups in total. The van der Waals surface area contributed by atoms with Gasteiger partial charge in [-0.05, 0) is 54.2 Å². The maximum atomic E-state index is 13.7. The van der Waals surface area contributed by atoms with Gasteiger partial charge in [0.2, 0.25) is 5.91 Å². The summed E-state index contributed by atoms with van der Waals surface area (Å²) in [6.07, 6.45) is 3.96. The summed E-state index contributed by atoms with van der Waals surface area (Å²) in [7, 11) is 1.61. The van der Waals surface area contributed by atoms with E-state index in [4.69, 9.17) is 4.74 Å². The third-order valence-corrected chi connectivity index (χ3v) is 7.02. The van der Waals surface area contributed by atoms with Crippen molar-refractivity contribution in [3.63, 3.8) is 0 Å². The average Bonchev–Trinajstić information content (AvgIpc) is 3.34. The first-order chi connectivity index (χ1) is 18.6. The molecule has 0 saturated heterocycles. The van der Waals surface area contributed by atoms with E-state index in [1.807, 2.05) is 35.2 Å². The molecule has 210 valence electrons. The first kappa shape index (κ1) is 30.2. The van der Waals surface area contributed by atoms with E-state index in [2.05, 4.69) is 75.7 Å². The summed E-state index contributed by atoms with van der Waals surface area (Å²) in [5.41, 5.74) is 5.29. The van der Waals surface area contributed by atoms with Crippen molar-refractivity contribution < 1.29 is 14.3 Å². The number of unbranched alkanes of at least 4 members (excludes halogenated alkanes) is 1. The van der Waals surface area contributed by atoms with Crippen molar-refractivity contribution in [1.29, 1.82) is 0 Å². The van der Waals surface area contributed by atoms with Gasteiger partial charge in [0.15, 0.2) is 0 Å². The smallest absolute Gasteiger partial charge is 0.254 e. The molecule has 0 saturated carbocycles. The number of aryl methyl sites for hydroxylation is 1. The molecule has 0 bridgehead atoms. The SMILES string of the molecule is CCCCN(Cc1cccn1Cc1cccc(C)c1)C(=O)CN(CCOC)C(=O)c1ccc(C(C)(C)C)cc1. The third-order valence-electron chi connectivity index (χ3n) is 7.02. The topological polar surface area (TPSA) is 54.8 Å². The molecule has 1 aromatic heterocycles. The van der Waals surface area contributed by atoms with Gasteiger partial charge in [-0.25, -0.2) is 0 Å². The Morgan fingerprint density at radius 1 is 0.949 bits per heavy atom. The Hall–Kier alpha value is -3.38. The summed E-state index contributed by atoms with van der Waals surface area (Å²) < 4.78 is 7.47. The van der Waals surface area contributed by atoms with E-state index in [1.165, 1.54) is 11.1 Å². The van der Waals surface area contributed by atoms with Crippen LogP contribution in [0.4, 0.5) is 0 Å². The van der Waals surface area contributed by atoms with Crippen LogP contribution >= 0.6 is 0 Å². The van der Waals surface area contributed by atoms with E-state index in [-0.39, 0.29) is 23.8 Å². The highest BCUT2D eigenvalue weighted by atomic mass is 16.5. The molecule has 6 nitrogen and oxygen atoms in total. The second kappa shape index (κ2) is 14.1. The summed E-state index contributed by atoms with van der Waals surface area (Å²) in [5.74, 6) is -0.207. The molecule has 0 radical (unpaired) electrons. The molecule has 6 heteroatoms. The van der Waals surface area contributed by atoms with Gasteiger partial charge in [-0.1, -0.05) is 76.1 Å².